The molecule has 1 aliphatic rings. The van der Waals surface area contributed by atoms with Crippen LogP contribution in [0, 0.1) is 0 Å². The van der Waals surface area contributed by atoms with Gasteiger partial charge in [-0.25, -0.2) is 0 Å². The lowest BCUT2D eigenvalue weighted by molar-refractivity contribution is -0.119. The topological polar surface area (TPSA) is 26.3 Å². The summed E-state index contributed by atoms with van der Waals surface area (Å²) >= 11 is 5.04. The van der Waals surface area contributed by atoms with Crippen molar-refractivity contribution in [2.45, 2.75) is 38.2 Å². The van der Waals surface area contributed by atoms with Crippen LogP contribution in [-0.4, -0.2) is 18.5 Å². The molecular weight excluding hydrogens is 288 g/mol. The summed E-state index contributed by atoms with van der Waals surface area (Å²) in [6.07, 6.45) is 4.72. The number of carbonyl (C=O) groups excluding carboxylic acids is 1. The summed E-state index contributed by atoms with van der Waals surface area (Å²) in [4.78, 5) is 12.9. The van der Waals surface area contributed by atoms with Gasteiger partial charge in [0.15, 0.2) is 0 Å². The average molecular weight is 303 g/mol. The highest BCUT2D eigenvalue weighted by Gasteiger charge is 2.16. The molecule has 0 amide bonds. The zero-order valence-electron chi connectivity index (χ0n) is 9.08. The molecule has 2 heterocycles. The molecule has 1 saturated heterocycles. The van der Waals surface area contributed by atoms with Gasteiger partial charge < -0.3 is 4.74 Å². The molecule has 1 atom stereocenters. The number of hydrogen-bond donors (Lipinski definition) is 0. The summed E-state index contributed by atoms with van der Waals surface area (Å²) < 4.78 is 6.59. The van der Waals surface area contributed by atoms with Gasteiger partial charge in [0.05, 0.1) is 9.89 Å². The second-order valence-electron chi connectivity index (χ2n) is 4.09. The van der Waals surface area contributed by atoms with Gasteiger partial charge in [-0.3, -0.25) is 4.79 Å². The fourth-order valence-electron chi connectivity index (χ4n) is 1.92. The van der Waals surface area contributed by atoms with E-state index in [0.29, 0.717) is 24.7 Å². The molecule has 2 rings (SSSR count). The Balaban J connectivity index is 1.71. The van der Waals surface area contributed by atoms with E-state index in [-0.39, 0.29) is 0 Å². The summed E-state index contributed by atoms with van der Waals surface area (Å²) in [5.74, 6) is 0.324. The van der Waals surface area contributed by atoms with Gasteiger partial charge in [-0.2, -0.15) is 0 Å². The van der Waals surface area contributed by atoms with E-state index in [0.717, 1.165) is 34.5 Å². The minimum atomic E-state index is 0.324. The van der Waals surface area contributed by atoms with Crippen LogP contribution < -0.4 is 0 Å². The molecule has 1 aliphatic heterocycles. The molecule has 1 aromatic rings. The Morgan fingerprint density at radius 1 is 1.56 bits per heavy atom. The minimum Gasteiger partial charge on any atom is -0.378 e. The third-order valence-corrected chi connectivity index (χ3v) is 4.39. The number of ketones is 1. The van der Waals surface area contributed by atoms with Crippen molar-refractivity contribution in [3.63, 3.8) is 0 Å². The Bertz CT molecular complexity index is 356. The number of hydrogen-bond acceptors (Lipinski definition) is 3. The maximum Gasteiger partial charge on any atom is 0.138 e. The van der Waals surface area contributed by atoms with Gasteiger partial charge in [0, 0.05) is 24.3 Å². The van der Waals surface area contributed by atoms with Crippen LogP contribution in [0.3, 0.4) is 0 Å². The highest BCUT2D eigenvalue weighted by atomic mass is 79.9. The van der Waals surface area contributed by atoms with Crippen LogP contribution in [0.5, 0.6) is 0 Å². The summed E-state index contributed by atoms with van der Waals surface area (Å²) in [6.45, 7) is 0.872. The highest BCUT2D eigenvalue weighted by molar-refractivity contribution is 9.11. The Labute approximate surface area is 108 Å². The quantitative estimate of drug-likeness (QED) is 0.831. The van der Waals surface area contributed by atoms with Crippen LogP contribution in [-0.2, 0) is 16.0 Å². The molecule has 0 radical (unpaired) electrons. The Morgan fingerprint density at radius 2 is 2.44 bits per heavy atom. The molecule has 16 heavy (non-hydrogen) atoms. The van der Waals surface area contributed by atoms with E-state index in [4.69, 9.17) is 4.74 Å². The SMILES string of the molecule is O=C(CCC1CCCO1)Cc1ccc(Br)s1. The molecule has 0 spiro atoms. The Hall–Kier alpha value is -0.190. The van der Waals surface area contributed by atoms with E-state index >= 15 is 0 Å². The molecule has 2 nitrogen and oxygen atoms in total. The van der Waals surface area contributed by atoms with Crippen LogP contribution in [0.1, 0.15) is 30.6 Å². The first-order valence-electron chi connectivity index (χ1n) is 5.61. The zero-order chi connectivity index (χ0) is 11.4. The van der Waals surface area contributed by atoms with E-state index < -0.39 is 0 Å². The van der Waals surface area contributed by atoms with E-state index in [9.17, 15) is 4.79 Å². The minimum absolute atomic E-state index is 0.324. The zero-order valence-corrected chi connectivity index (χ0v) is 11.5. The molecule has 0 bridgehead atoms. The molecule has 1 unspecified atom stereocenters. The number of carbonyl (C=O) groups is 1. The van der Waals surface area contributed by atoms with Crippen LogP contribution in [0.25, 0.3) is 0 Å². The van der Waals surface area contributed by atoms with E-state index in [2.05, 4.69) is 15.9 Å². The highest BCUT2D eigenvalue weighted by Crippen LogP contribution is 2.23. The maximum absolute atomic E-state index is 11.7. The predicted molar refractivity (Wildman–Crippen MR) is 68.9 cm³/mol. The Kier molecular flexibility index (Phi) is 4.55. The van der Waals surface area contributed by atoms with Crippen molar-refractivity contribution < 1.29 is 9.53 Å². The van der Waals surface area contributed by atoms with Crippen LogP contribution in [0.15, 0.2) is 15.9 Å². The summed E-state index contributed by atoms with van der Waals surface area (Å²) in [5.41, 5.74) is 0. The summed E-state index contributed by atoms with van der Waals surface area (Å²) in [7, 11) is 0. The third kappa shape index (κ3) is 3.68. The molecule has 4 heteroatoms. The summed E-state index contributed by atoms with van der Waals surface area (Å²) in [6, 6.07) is 4.01. The molecule has 0 N–H and O–H groups in total. The molecule has 0 aromatic carbocycles. The predicted octanol–water partition coefficient (Wildman–Crippen LogP) is 3.58. The standard InChI is InChI=1S/C12H15BrO2S/c13-12-6-5-11(16-12)8-9(14)3-4-10-2-1-7-15-10/h5-6,10H,1-4,7-8H2. The fraction of sp³-hybridized carbons (Fsp3) is 0.583. The van der Waals surface area contributed by atoms with Gasteiger partial charge in [-0.05, 0) is 47.3 Å². The number of ether oxygens (including phenoxy) is 1. The number of halogens is 1. The van der Waals surface area contributed by atoms with Gasteiger partial charge in [0.25, 0.3) is 0 Å². The van der Waals surface area contributed by atoms with Crippen molar-refractivity contribution in [3.8, 4) is 0 Å². The first-order chi connectivity index (χ1) is 7.74. The monoisotopic (exact) mass is 302 g/mol. The molecule has 0 aliphatic carbocycles. The molecule has 88 valence electrons. The number of rotatable bonds is 5. The Morgan fingerprint density at radius 3 is 3.06 bits per heavy atom. The van der Waals surface area contributed by atoms with E-state index in [1.165, 1.54) is 0 Å². The second-order valence-corrected chi connectivity index (χ2v) is 6.64. The lowest BCUT2D eigenvalue weighted by Crippen LogP contribution is -2.09. The molecule has 1 aromatic heterocycles. The largest absolute Gasteiger partial charge is 0.378 e. The molecule has 0 saturated carbocycles. The first kappa shape index (κ1) is 12.3. The van der Waals surface area contributed by atoms with Crippen LogP contribution in [0.4, 0.5) is 0 Å². The summed E-state index contributed by atoms with van der Waals surface area (Å²) in [5, 5.41) is 0. The van der Waals surface area contributed by atoms with Gasteiger partial charge >= 0.3 is 0 Å². The van der Waals surface area contributed by atoms with Crippen molar-refractivity contribution >= 4 is 33.0 Å². The lowest BCUT2D eigenvalue weighted by Gasteiger charge is -2.07. The fourth-order valence-corrected chi connectivity index (χ4v) is 3.44. The van der Waals surface area contributed by atoms with Crippen molar-refractivity contribution in [1.29, 1.82) is 0 Å². The number of Topliss-reactive ketones (excluding diaryl/α,β-unsaturated/α-hetero) is 1. The van der Waals surface area contributed by atoms with Crippen LogP contribution >= 0.6 is 27.3 Å². The third-order valence-electron chi connectivity index (χ3n) is 2.77. The van der Waals surface area contributed by atoms with Crippen molar-refractivity contribution in [1.82, 2.24) is 0 Å². The molecular formula is C12H15BrO2S. The van der Waals surface area contributed by atoms with Crippen LogP contribution in [0.2, 0.25) is 0 Å². The molecule has 1 fully saturated rings. The lowest BCUT2D eigenvalue weighted by atomic mass is 10.1. The van der Waals surface area contributed by atoms with Crippen molar-refractivity contribution in [2.24, 2.45) is 0 Å². The van der Waals surface area contributed by atoms with Gasteiger partial charge in [-0.1, -0.05) is 0 Å². The second kappa shape index (κ2) is 5.94. The normalized spacial score (nSPS) is 20.2. The van der Waals surface area contributed by atoms with Gasteiger partial charge in [0.1, 0.15) is 5.78 Å². The van der Waals surface area contributed by atoms with Gasteiger partial charge in [-0.15, -0.1) is 11.3 Å². The van der Waals surface area contributed by atoms with Gasteiger partial charge in [0.2, 0.25) is 0 Å². The van der Waals surface area contributed by atoms with Crippen molar-refractivity contribution in [3.05, 3.63) is 20.8 Å². The average Bonchev–Trinajstić information content (AvgIpc) is 2.87. The first-order valence-corrected chi connectivity index (χ1v) is 7.22. The smallest absolute Gasteiger partial charge is 0.138 e. The van der Waals surface area contributed by atoms with E-state index in [1.807, 2.05) is 12.1 Å². The maximum atomic E-state index is 11.7. The number of thiophene rings is 1. The van der Waals surface area contributed by atoms with E-state index in [1.54, 1.807) is 11.3 Å². The van der Waals surface area contributed by atoms with Crippen molar-refractivity contribution in [2.75, 3.05) is 6.61 Å².